The van der Waals surface area contributed by atoms with Crippen LogP contribution in [0.2, 0.25) is 0 Å². The van der Waals surface area contributed by atoms with Gasteiger partial charge in [0, 0.05) is 24.0 Å². The van der Waals surface area contributed by atoms with Gasteiger partial charge in [-0.1, -0.05) is 0 Å². The van der Waals surface area contributed by atoms with Crippen LogP contribution < -0.4 is 5.32 Å². The Morgan fingerprint density at radius 2 is 2.44 bits per heavy atom. The van der Waals surface area contributed by atoms with Gasteiger partial charge in [-0.3, -0.25) is 0 Å². The van der Waals surface area contributed by atoms with Gasteiger partial charge in [-0.2, -0.15) is 5.26 Å². The minimum Gasteiger partial charge on any atom is -0.444 e. The molecule has 1 atom stereocenters. The van der Waals surface area contributed by atoms with Crippen LogP contribution in [0.4, 0.5) is 5.82 Å². The molecule has 1 aliphatic rings. The summed E-state index contributed by atoms with van der Waals surface area (Å²) in [4.78, 5) is 6.60. The van der Waals surface area contributed by atoms with Crippen molar-refractivity contribution in [3.05, 3.63) is 24.1 Å². The summed E-state index contributed by atoms with van der Waals surface area (Å²) in [5, 5.41) is 13.1. The number of rotatable bonds is 2. The van der Waals surface area contributed by atoms with Crippen molar-refractivity contribution in [1.82, 2.24) is 9.88 Å². The van der Waals surface area contributed by atoms with Crippen molar-refractivity contribution in [2.24, 2.45) is 0 Å². The first-order valence-electron chi connectivity index (χ1n) is 5.99. The highest BCUT2D eigenvalue weighted by Crippen LogP contribution is 2.22. The van der Waals surface area contributed by atoms with E-state index in [2.05, 4.69) is 22.2 Å². The quantitative estimate of drug-likeness (QED) is 0.870. The van der Waals surface area contributed by atoms with Crippen molar-refractivity contribution < 1.29 is 4.42 Å². The van der Waals surface area contributed by atoms with Crippen molar-refractivity contribution in [3.63, 3.8) is 0 Å². The maximum Gasteiger partial charge on any atom is 0.204 e. The van der Waals surface area contributed by atoms with Gasteiger partial charge in [-0.05, 0) is 26.1 Å². The predicted molar refractivity (Wildman–Crippen MR) is 68.2 cm³/mol. The molecule has 18 heavy (non-hydrogen) atoms. The number of pyridine rings is 1. The van der Waals surface area contributed by atoms with Gasteiger partial charge in [0.1, 0.15) is 11.9 Å². The smallest absolute Gasteiger partial charge is 0.204 e. The number of likely N-dealkylation sites (N-methyl/N-ethyl adjacent to an activating group) is 1. The van der Waals surface area contributed by atoms with Crippen LogP contribution in [-0.2, 0) is 0 Å². The summed E-state index contributed by atoms with van der Waals surface area (Å²) in [5.74, 6) is 1.16. The molecule has 5 heteroatoms. The Balaban J connectivity index is 1.82. The standard InChI is InChI=1S/C13H14N4O/c1-17-3-2-10(8-17)16-13-5-9-4-11(6-14)18-12(9)7-15-13/h4-5,7,10H,2-3,8H2,1H3,(H,15,16)/t10-/m0/s1. The normalized spacial score (nSPS) is 20.1. The third kappa shape index (κ3) is 2.03. The molecule has 3 rings (SSSR count). The average Bonchev–Trinajstić information content (AvgIpc) is 2.94. The first-order chi connectivity index (χ1) is 8.74. The first kappa shape index (κ1) is 11.1. The number of hydrogen-bond donors (Lipinski definition) is 1. The van der Waals surface area contributed by atoms with E-state index < -0.39 is 0 Å². The molecule has 0 bridgehead atoms. The molecule has 1 N–H and O–H groups in total. The van der Waals surface area contributed by atoms with Crippen LogP contribution in [0.25, 0.3) is 11.0 Å². The zero-order valence-electron chi connectivity index (χ0n) is 10.2. The van der Waals surface area contributed by atoms with Crippen LogP contribution in [0.5, 0.6) is 0 Å². The number of furan rings is 1. The molecule has 5 nitrogen and oxygen atoms in total. The number of likely N-dealkylation sites (tertiary alicyclic amines) is 1. The Labute approximate surface area is 105 Å². The number of aromatic nitrogens is 1. The van der Waals surface area contributed by atoms with Crippen molar-refractivity contribution in [2.45, 2.75) is 12.5 Å². The van der Waals surface area contributed by atoms with E-state index in [1.165, 1.54) is 0 Å². The van der Waals surface area contributed by atoms with E-state index in [1.807, 2.05) is 12.1 Å². The Hall–Kier alpha value is -2.06. The third-order valence-electron chi connectivity index (χ3n) is 3.26. The first-order valence-corrected chi connectivity index (χ1v) is 5.99. The van der Waals surface area contributed by atoms with E-state index in [9.17, 15) is 0 Å². The van der Waals surface area contributed by atoms with E-state index >= 15 is 0 Å². The number of nitrogens with one attached hydrogen (secondary N) is 1. The van der Waals surface area contributed by atoms with E-state index in [0.29, 0.717) is 17.4 Å². The zero-order valence-corrected chi connectivity index (χ0v) is 10.2. The molecule has 0 aliphatic carbocycles. The Kier molecular flexibility index (Phi) is 2.65. The van der Waals surface area contributed by atoms with Crippen molar-refractivity contribution in [1.29, 1.82) is 5.26 Å². The fourth-order valence-electron chi connectivity index (χ4n) is 2.34. The SMILES string of the molecule is CN1CC[C@H](Nc2cc3cc(C#N)oc3cn2)C1. The third-order valence-corrected chi connectivity index (χ3v) is 3.26. The summed E-state index contributed by atoms with van der Waals surface area (Å²) in [5.41, 5.74) is 0.653. The molecule has 0 amide bonds. The van der Waals surface area contributed by atoms with Crippen LogP contribution in [0.15, 0.2) is 22.7 Å². The van der Waals surface area contributed by atoms with Crippen LogP contribution >= 0.6 is 0 Å². The molecule has 3 heterocycles. The number of nitriles is 1. The van der Waals surface area contributed by atoms with Crippen LogP contribution in [0, 0.1) is 11.3 Å². The minimum absolute atomic E-state index is 0.324. The Morgan fingerprint density at radius 1 is 1.56 bits per heavy atom. The number of fused-ring (bicyclic) bond motifs is 1. The lowest BCUT2D eigenvalue weighted by atomic mass is 10.2. The van der Waals surface area contributed by atoms with Gasteiger partial charge >= 0.3 is 0 Å². The summed E-state index contributed by atoms with van der Waals surface area (Å²) in [6.45, 7) is 2.15. The highest BCUT2D eigenvalue weighted by Gasteiger charge is 2.19. The van der Waals surface area contributed by atoms with Gasteiger partial charge in [-0.25, -0.2) is 4.98 Å². The molecule has 0 radical (unpaired) electrons. The van der Waals surface area contributed by atoms with Crippen LogP contribution in [0.3, 0.4) is 0 Å². The van der Waals surface area contributed by atoms with Gasteiger partial charge in [0.05, 0.1) is 6.20 Å². The van der Waals surface area contributed by atoms with Gasteiger partial charge < -0.3 is 14.6 Å². The monoisotopic (exact) mass is 242 g/mol. The maximum absolute atomic E-state index is 8.78. The lowest BCUT2D eigenvalue weighted by Crippen LogP contribution is -2.23. The summed E-state index contributed by atoms with van der Waals surface area (Å²) in [6.07, 6.45) is 2.79. The topological polar surface area (TPSA) is 65.1 Å². The van der Waals surface area contributed by atoms with Crippen molar-refractivity contribution in [3.8, 4) is 6.07 Å². The number of anilines is 1. The zero-order chi connectivity index (χ0) is 12.5. The van der Waals surface area contributed by atoms with Crippen LogP contribution in [-0.4, -0.2) is 36.1 Å². The fourth-order valence-corrected chi connectivity index (χ4v) is 2.34. The van der Waals surface area contributed by atoms with E-state index in [1.54, 1.807) is 12.3 Å². The summed E-state index contributed by atoms with van der Waals surface area (Å²) >= 11 is 0. The highest BCUT2D eigenvalue weighted by atomic mass is 16.3. The van der Waals surface area contributed by atoms with Gasteiger partial charge in [0.15, 0.2) is 5.58 Å². The van der Waals surface area contributed by atoms with E-state index in [-0.39, 0.29) is 0 Å². The minimum atomic E-state index is 0.324. The van der Waals surface area contributed by atoms with Crippen molar-refractivity contribution in [2.75, 3.05) is 25.5 Å². The summed E-state index contributed by atoms with van der Waals surface area (Å²) in [6, 6.07) is 6.11. The number of hydrogen-bond acceptors (Lipinski definition) is 5. The van der Waals surface area contributed by atoms with E-state index in [4.69, 9.17) is 9.68 Å². The average molecular weight is 242 g/mol. The van der Waals surface area contributed by atoms with Crippen LogP contribution in [0.1, 0.15) is 12.2 Å². The summed E-state index contributed by atoms with van der Waals surface area (Å²) < 4.78 is 5.30. The van der Waals surface area contributed by atoms with Gasteiger partial charge in [0.25, 0.3) is 0 Å². The predicted octanol–water partition coefficient (Wildman–Crippen LogP) is 1.82. The molecule has 1 saturated heterocycles. The maximum atomic E-state index is 8.78. The second kappa shape index (κ2) is 4.31. The lowest BCUT2D eigenvalue weighted by Gasteiger charge is -2.13. The molecule has 1 fully saturated rings. The molecular formula is C13H14N4O. The molecule has 1 aliphatic heterocycles. The lowest BCUT2D eigenvalue weighted by molar-refractivity contribution is 0.414. The summed E-state index contributed by atoms with van der Waals surface area (Å²) in [7, 11) is 2.12. The number of nitrogens with zero attached hydrogens (tertiary/aromatic N) is 3. The molecule has 2 aromatic heterocycles. The molecule has 0 aromatic carbocycles. The molecular weight excluding hydrogens is 228 g/mol. The van der Waals surface area contributed by atoms with Crippen molar-refractivity contribution >= 4 is 16.8 Å². The second-order valence-corrected chi connectivity index (χ2v) is 4.72. The highest BCUT2D eigenvalue weighted by molar-refractivity contribution is 5.80. The molecule has 0 spiro atoms. The van der Waals surface area contributed by atoms with Gasteiger partial charge in [-0.15, -0.1) is 0 Å². The largest absolute Gasteiger partial charge is 0.444 e. The molecule has 0 unspecified atom stereocenters. The molecule has 0 saturated carbocycles. The fraction of sp³-hybridized carbons (Fsp3) is 0.385. The molecule has 2 aromatic rings. The molecule has 92 valence electrons. The van der Waals surface area contributed by atoms with Gasteiger partial charge in [0.2, 0.25) is 5.76 Å². The Morgan fingerprint density at radius 3 is 3.17 bits per heavy atom. The van der Waals surface area contributed by atoms with E-state index in [0.717, 1.165) is 30.7 Å². The Bertz CT molecular complexity index is 613. The second-order valence-electron chi connectivity index (χ2n) is 4.72.